The van der Waals surface area contributed by atoms with E-state index in [0.29, 0.717) is 12.6 Å². The second-order valence-electron chi connectivity index (χ2n) is 8.14. The maximum absolute atomic E-state index is 6.00. The first kappa shape index (κ1) is 19.8. The number of nitrogens with one attached hydrogen (secondary N) is 1. The molecule has 0 radical (unpaired) electrons. The average Bonchev–Trinajstić information content (AvgIpc) is 3.19. The first-order chi connectivity index (χ1) is 15.2. The first-order valence-corrected chi connectivity index (χ1v) is 11.0. The van der Waals surface area contributed by atoms with E-state index in [4.69, 9.17) is 11.6 Å². The predicted octanol–water partition coefficient (Wildman–Crippen LogP) is 4.92. The second kappa shape index (κ2) is 8.55. The summed E-state index contributed by atoms with van der Waals surface area (Å²) in [5.74, 6) is 0.973. The Kier molecular flexibility index (Phi) is 5.47. The van der Waals surface area contributed by atoms with Gasteiger partial charge in [0.05, 0.1) is 18.1 Å². The molecule has 0 unspecified atom stereocenters. The number of aromatic nitrogens is 4. The van der Waals surface area contributed by atoms with Gasteiger partial charge < -0.3 is 10.2 Å². The van der Waals surface area contributed by atoms with E-state index in [1.54, 1.807) is 6.33 Å². The number of fused-ring (bicyclic) bond motifs is 1. The van der Waals surface area contributed by atoms with Crippen molar-refractivity contribution in [2.75, 3.05) is 23.3 Å². The summed E-state index contributed by atoms with van der Waals surface area (Å²) in [6, 6.07) is 16.9. The van der Waals surface area contributed by atoms with E-state index in [2.05, 4.69) is 56.5 Å². The summed E-state index contributed by atoms with van der Waals surface area (Å²) in [7, 11) is 0. The Balaban J connectivity index is 1.29. The Morgan fingerprint density at radius 3 is 2.65 bits per heavy atom. The number of aryl methyl sites for hydroxylation is 1. The highest BCUT2D eigenvalue weighted by Gasteiger charge is 2.22. The normalized spacial score (nSPS) is 14.8. The maximum Gasteiger partial charge on any atom is 0.163 e. The van der Waals surface area contributed by atoms with Gasteiger partial charge in [-0.3, -0.25) is 0 Å². The number of rotatable bonds is 5. The molecule has 5 rings (SSSR count). The van der Waals surface area contributed by atoms with Gasteiger partial charge in [0.15, 0.2) is 5.65 Å². The molecule has 2 aromatic heterocycles. The third-order valence-corrected chi connectivity index (χ3v) is 6.09. The Morgan fingerprint density at radius 2 is 1.87 bits per heavy atom. The number of benzene rings is 2. The van der Waals surface area contributed by atoms with Crippen molar-refractivity contribution in [3.8, 4) is 0 Å². The molecule has 158 valence electrons. The van der Waals surface area contributed by atoms with Gasteiger partial charge in [-0.25, -0.2) is 14.6 Å². The highest BCUT2D eigenvalue weighted by atomic mass is 35.5. The van der Waals surface area contributed by atoms with E-state index in [9.17, 15) is 0 Å². The Hall–Kier alpha value is -3.12. The topological polar surface area (TPSA) is 58.9 Å². The fraction of sp³-hybridized carbons (Fsp3) is 0.292. The van der Waals surface area contributed by atoms with Crippen LogP contribution in [0.1, 0.15) is 24.0 Å². The molecule has 0 atom stereocenters. The number of halogens is 1. The van der Waals surface area contributed by atoms with Gasteiger partial charge in [0, 0.05) is 29.8 Å². The second-order valence-corrected chi connectivity index (χ2v) is 8.57. The van der Waals surface area contributed by atoms with Crippen LogP contribution in [-0.4, -0.2) is 38.9 Å². The smallest absolute Gasteiger partial charge is 0.163 e. The monoisotopic (exact) mass is 432 g/mol. The molecule has 1 fully saturated rings. The lowest BCUT2D eigenvalue weighted by Crippen LogP contribution is -2.39. The number of hydrogen-bond acceptors (Lipinski definition) is 5. The summed E-state index contributed by atoms with van der Waals surface area (Å²) in [6.45, 7) is 4.69. The molecule has 1 saturated heterocycles. The van der Waals surface area contributed by atoms with Gasteiger partial charge in [-0.1, -0.05) is 35.9 Å². The van der Waals surface area contributed by atoms with Crippen molar-refractivity contribution >= 4 is 34.1 Å². The SMILES string of the molecule is Cc1cccc(NC2CCN(c3ncnc4c3cnn4Cc3ccc(Cl)cc3)CC2)c1. The molecule has 1 N–H and O–H groups in total. The van der Waals surface area contributed by atoms with Gasteiger partial charge in [-0.2, -0.15) is 5.10 Å². The molecule has 0 spiro atoms. The van der Waals surface area contributed by atoms with Crippen LogP contribution in [0.3, 0.4) is 0 Å². The minimum atomic E-state index is 0.475. The minimum absolute atomic E-state index is 0.475. The zero-order valence-electron chi connectivity index (χ0n) is 17.5. The largest absolute Gasteiger partial charge is 0.382 e. The van der Waals surface area contributed by atoms with E-state index in [1.807, 2.05) is 35.1 Å². The highest BCUT2D eigenvalue weighted by molar-refractivity contribution is 6.30. The molecule has 0 amide bonds. The van der Waals surface area contributed by atoms with Crippen molar-refractivity contribution in [1.82, 2.24) is 19.7 Å². The van der Waals surface area contributed by atoms with Crippen LogP contribution in [0.4, 0.5) is 11.5 Å². The zero-order chi connectivity index (χ0) is 21.2. The summed E-state index contributed by atoms with van der Waals surface area (Å²) in [6.07, 6.45) is 5.67. The van der Waals surface area contributed by atoms with E-state index in [-0.39, 0.29) is 0 Å². The third kappa shape index (κ3) is 4.35. The van der Waals surface area contributed by atoms with Gasteiger partial charge in [0.25, 0.3) is 0 Å². The Morgan fingerprint density at radius 1 is 1.06 bits per heavy atom. The molecule has 0 saturated carbocycles. The van der Waals surface area contributed by atoms with Crippen molar-refractivity contribution in [3.63, 3.8) is 0 Å². The quantitative estimate of drug-likeness (QED) is 0.485. The standard InChI is InChI=1S/C24H25ClN6/c1-17-3-2-4-21(13-17)29-20-9-11-30(12-10-20)23-22-14-28-31(24(22)27-16-26-23)15-18-5-7-19(25)8-6-18/h2-8,13-14,16,20,29H,9-12,15H2,1H3. The Labute approximate surface area is 186 Å². The van der Waals surface area contributed by atoms with Gasteiger partial charge >= 0.3 is 0 Å². The van der Waals surface area contributed by atoms with E-state index in [0.717, 1.165) is 53.4 Å². The van der Waals surface area contributed by atoms with E-state index in [1.165, 1.54) is 11.3 Å². The molecule has 3 heterocycles. The van der Waals surface area contributed by atoms with Crippen molar-refractivity contribution in [2.45, 2.75) is 32.4 Å². The fourth-order valence-electron chi connectivity index (χ4n) is 4.22. The summed E-state index contributed by atoms with van der Waals surface area (Å²) in [4.78, 5) is 11.5. The van der Waals surface area contributed by atoms with Gasteiger partial charge in [-0.15, -0.1) is 0 Å². The highest BCUT2D eigenvalue weighted by Crippen LogP contribution is 2.27. The fourth-order valence-corrected chi connectivity index (χ4v) is 4.34. The van der Waals surface area contributed by atoms with Crippen LogP contribution in [0.15, 0.2) is 61.1 Å². The van der Waals surface area contributed by atoms with Crippen LogP contribution in [0.25, 0.3) is 11.0 Å². The predicted molar refractivity (Wildman–Crippen MR) is 126 cm³/mol. The number of nitrogens with zero attached hydrogens (tertiary/aromatic N) is 5. The lowest BCUT2D eigenvalue weighted by Gasteiger charge is -2.33. The minimum Gasteiger partial charge on any atom is -0.382 e. The molecular weight excluding hydrogens is 408 g/mol. The van der Waals surface area contributed by atoms with E-state index < -0.39 is 0 Å². The van der Waals surface area contributed by atoms with Crippen LogP contribution < -0.4 is 10.2 Å². The zero-order valence-corrected chi connectivity index (χ0v) is 18.3. The number of hydrogen-bond donors (Lipinski definition) is 1. The first-order valence-electron chi connectivity index (χ1n) is 10.6. The van der Waals surface area contributed by atoms with Crippen LogP contribution in [0, 0.1) is 6.92 Å². The molecular formula is C24H25ClN6. The molecule has 1 aliphatic heterocycles. The van der Waals surface area contributed by atoms with Gasteiger partial charge in [0.1, 0.15) is 12.1 Å². The summed E-state index contributed by atoms with van der Waals surface area (Å²) >= 11 is 6.00. The molecule has 0 aliphatic carbocycles. The summed E-state index contributed by atoms with van der Waals surface area (Å²) < 4.78 is 1.93. The maximum atomic E-state index is 6.00. The van der Waals surface area contributed by atoms with Crippen LogP contribution in [0.2, 0.25) is 5.02 Å². The van der Waals surface area contributed by atoms with Crippen molar-refractivity contribution < 1.29 is 0 Å². The molecule has 2 aromatic carbocycles. The molecule has 7 heteroatoms. The summed E-state index contributed by atoms with van der Waals surface area (Å²) in [5, 5.41) is 10.0. The molecule has 0 bridgehead atoms. The van der Waals surface area contributed by atoms with Crippen molar-refractivity contribution in [3.05, 3.63) is 77.2 Å². The number of piperidine rings is 1. The molecule has 4 aromatic rings. The number of anilines is 2. The Bertz CT molecular complexity index is 1180. The van der Waals surface area contributed by atoms with Crippen LogP contribution in [0.5, 0.6) is 0 Å². The lowest BCUT2D eigenvalue weighted by atomic mass is 10.0. The molecule has 31 heavy (non-hydrogen) atoms. The third-order valence-electron chi connectivity index (χ3n) is 5.84. The van der Waals surface area contributed by atoms with Crippen LogP contribution in [-0.2, 0) is 6.54 Å². The van der Waals surface area contributed by atoms with Gasteiger partial charge in [0.2, 0.25) is 0 Å². The van der Waals surface area contributed by atoms with Crippen LogP contribution >= 0.6 is 11.6 Å². The lowest BCUT2D eigenvalue weighted by molar-refractivity contribution is 0.524. The van der Waals surface area contributed by atoms with Crippen molar-refractivity contribution in [1.29, 1.82) is 0 Å². The average molecular weight is 433 g/mol. The van der Waals surface area contributed by atoms with Crippen molar-refractivity contribution in [2.24, 2.45) is 0 Å². The van der Waals surface area contributed by atoms with E-state index >= 15 is 0 Å². The van der Waals surface area contributed by atoms with Gasteiger partial charge in [-0.05, 0) is 55.2 Å². The summed E-state index contributed by atoms with van der Waals surface area (Å²) in [5.41, 5.74) is 4.48. The molecule has 6 nitrogen and oxygen atoms in total. The molecule has 1 aliphatic rings.